The van der Waals surface area contributed by atoms with Gasteiger partial charge in [-0.05, 0) is 6.42 Å². The van der Waals surface area contributed by atoms with E-state index in [2.05, 4.69) is 16.4 Å². The molecule has 0 atom stereocenters. The van der Waals surface area contributed by atoms with E-state index in [0.717, 1.165) is 5.49 Å². The second kappa shape index (κ2) is 4.59. The van der Waals surface area contributed by atoms with Crippen LogP contribution in [-0.2, 0) is 14.5 Å². The molecule has 0 aliphatic rings. The molecular formula is C4H9NO3S2. The van der Waals surface area contributed by atoms with Gasteiger partial charge in [0.2, 0.25) is 0 Å². The van der Waals surface area contributed by atoms with Gasteiger partial charge in [0.05, 0.1) is 12.1 Å². The fourth-order valence-corrected chi connectivity index (χ4v) is 1.21. The van der Waals surface area contributed by atoms with Gasteiger partial charge in [0.15, 0.2) is 0 Å². The van der Waals surface area contributed by atoms with Gasteiger partial charge in [-0.1, -0.05) is 19.1 Å². The maximum atomic E-state index is 10.6. The Kier molecular flexibility index (Phi) is 4.50. The molecule has 0 saturated carbocycles. The van der Waals surface area contributed by atoms with Crippen molar-refractivity contribution in [2.75, 3.05) is 6.61 Å². The van der Waals surface area contributed by atoms with Gasteiger partial charge in [-0.25, -0.2) is 0 Å². The molecule has 0 bridgehead atoms. The van der Waals surface area contributed by atoms with Gasteiger partial charge in [0.1, 0.15) is 0 Å². The molecule has 1 N–H and O–H groups in total. The average Bonchev–Trinajstić information content (AvgIpc) is 1.84. The zero-order valence-corrected chi connectivity index (χ0v) is 7.17. The van der Waals surface area contributed by atoms with Crippen LogP contribution in [0.5, 0.6) is 0 Å². The lowest BCUT2D eigenvalue weighted by molar-refractivity contribution is 0.315. The average molecular weight is 183 g/mol. The summed E-state index contributed by atoms with van der Waals surface area (Å²) in [6.07, 6.45) is 0.651. The zero-order chi connectivity index (χ0) is 8.04. The highest BCUT2D eigenvalue weighted by molar-refractivity contribution is 7.87. The maximum Gasteiger partial charge on any atom is 0.360 e. The first-order chi connectivity index (χ1) is 4.62. The molecule has 0 aliphatic carbocycles. The minimum atomic E-state index is -3.60. The molecule has 0 rings (SSSR count). The first-order valence-electron chi connectivity index (χ1n) is 2.72. The molecule has 10 heavy (non-hydrogen) atoms. The summed E-state index contributed by atoms with van der Waals surface area (Å²) in [5.41, 5.74) is 0.894. The Morgan fingerprint density at radius 2 is 2.30 bits per heavy atom. The van der Waals surface area contributed by atoms with Crippen LogP contribution in [0.4, 0.5) is 0 Å². The smallest absolute Gasteiger partial charge is 0.258 e. The third-order valence-electron chi connectivity index (χ3n) is 0.635. The lowest BCUT2D eigenvalue weighted by atomic mass is 10.5. The van der Waals surface area contributed by atoms with Crippen molar-refractivity contribution < 1.29 is 12.6 Å². The van der Waals surface area contributed by atoms with Gasteiger partial charge in [0.25, 0.3) is 0 Å². The molecule has 0 unspecified atom stereocenters. The van der Waals surface area contributed by atoms with Crippen LogP contribution in [0.15, 0.2) is 0 Å². The van der Waals surface area contributed by atoms with Gasteiger partial charge in [-0.15, -0.1) is 0 Å². The van der Waals surface area contributed by atoms with Crippen LogP contribution in [0.2, 0.25) is 0 Å². The third kappa shape index (κ3) is 4.66. The Morgan fingerprint density at radius 1 is 1.70 bits per heavy atom. The van der Waals surface area contributed by atoms with Gasteiger partial charge < -0.3 is 0 Å². The normalized spacial score (nSPS) is 10.9. The van der Waals surface area contributed by atoms with Gasteiger partial charge in [-0.3, -0.25) is 8.91 Å². The highest BCUT2D eigenvalue weighted by Crippen LogP contribution is 1.87. The predicted molar refractivity (Wildman–Crippen MR) is 42.0 cm³/mol. The molecule has 0 aromatic rings. The van der Waals surface area contributed by atoms with Crippen molar-refractivity contribution in [1.82, 2.24) is 4.72 Å². The molecule has 60 valence electrons. The van der Waals surface area contributed by atoms with Crippen molar-refractivity contribution >= 4 is 28.0 Å². The molecule has 0 fully saturated rings. The predicted octanol–water partition coefficient (Wildman–Crippen LogP) is 0.205. The fraction of sp³-hybridized carbons (Fsp3) is 0.750. The van der Waals surface area contributed by atoms with Crippen LogP contribution in [0.25, 0.3) is 0 Å². The summed E-state index contributed by atoms with van der Waals surface area (Å²) in [6.45, 7) is 1.99. The zero-order valence-electron chi connectivity index (χ0n) is 5.53. The highest BCUT2D eigenvalue weighted by atomic mass is 32.2. The van der Waals surface area contributed by atoms with Gasteiger partial charge >= 0.3 is 10.3 Å². The number of rotatable bonds is 5. The van der Waals surface area contributed by atoms with Crippen LogP contribution >= 0.6 is 12.2 Å². The highest BCUT2D eigenvalue weighted by Gasteiger charge is 2.04. The minimum Gasteiger partial charge on any atom is -0.258 e. The molecule has 0 aromatic heterocycles. The summed E-state index contributed by atoms with van der Waals surface area (Å²) in [5, 5.41) is 0. The van der Waals surface area contributed by atoms with Crippen molar-refractivity contribution in [1.29, 1.82) is 0 Å². The van der Waals surface area contributed by atoms with E-state index in [4.69, 9.17) is 0 Å². The number of nitrogens with one attached hydrogen (secondary N) is 1. The summed E-state index contributed by atoms with van der Waals surface area (Å²) in [7, 11) is -3.60. The molecular weight excluding hydrogens is 174 g/mol. The van der Waals surface area contributed by atoms with E-state index in [1.165, 1.54) is 0 Å². The molecule has 0 aliphatic heterocycles. The van der Waals surface area contributed by atoms with Crippen LogP contribution in [0, 0.1) is 0 Å². The van der Waals surface area contributed by atoms with E-state index in [1.54, 1.807) is 0 Å². The summed E-state index contributed by atoms with van der Waals surface area (Å²) in [4.78, 5) is 0. The van der Waals surface area contributed by atoms with Gasteiger partial charge in [0, 0.05) is 0 Å². The van der Waals surface area contributed by atoms with Crippen LogP contribution < -0.4 is 4.72 Å². The van der Waals surface area contributed by atoms with Gasteiger partial charge in [-0.2, -0.15) is 8.42 Å². The number of thiocarbonyl (C=S) groups is 1. The van der Waals surface area contributed by atoms with E-state index in [0.29, 0.717) is 6.42 Å². The summed E-state index contributed by atoms with van der Waals surface area (Å²) in [5.74, 6) is 0. The fourth-order valence-electron chi connectivity index (χ4n) is 0.286. The van der Waals surface area contributed by atoms with Crippen molar-refractivity contribution in [3.8, 4) is 0 Å². The Bertz CT molecular complexity index is 187. The molecule has 6 heteroatoms. The first-order valence-corrected chi connectivity index (χ1v) is 4.60. The van der Waals surface area contributed by atoms with Crippen LogP contribution in [0.1, 0.15) is 13.3 Å². The lowest BCUT2D eigenvalue weighted by Crippen LogP contribution is -2.23. The minimum absolute atomic E-state index is 0.179. The van der Waals surface area contributed by atoms with E-state index in [9.17, 15) is 8.42 Å². The summed E-state index contributed by atoms with van der Waals surface area (Å²) < 4.78 is 27.4. The Labute approximate surface area is 65.8 Å². The first kappa shape index (κ1) is 9.80. The summed E-state index contributed by atoms with van der Waals surface area (Å²) in [6, 6.07) is 0. The molecule has 0 radical (unpaired) electrons. The molecule has 0 amide bonds. The summed E-state index contributed by atoms with van der Waals surface area (Å²) >= 11 is 4.26. The van der Waals surface area contributed by atoms with E-state index >= 15 is 0 Å². The number of hydrogen-bond acceptors (Lipinski definition) is 4. The largest absolute Gasteiger partial charge is 0.360 e. The van der Waals surface area contributed by atoms with Crippen molar-refractivity contribution in [3.63, 3.8) is 0 Å². The Balaban J connectivity index is 3.76. The third-order valence-corrected chi connectivity index (χ3v) is 1.79. The Morgan fingerprint density at radius 3 is 2.70 bits per heavy atom. The second-order valence-electron chi connectivity index (χ2n) is 1.51. The molecule has 0 aromatic carbocycles. The van der Waals surface area contributed by atoms with Crippen molar-refractivity contribution in [2.45, 2.75) is 13.3 Å². The van der Waals surface area contributed by atoms with E-state index in [-0.39, 0.29) is 6.61 Å². The van der Waals surface area contributed by atoms with E-state index < -0.39 is 10.3 Å². The molecule has 4 nitrogen and oxygen atoms in total. The number of hydrogen-bond donors (Lipinski definition) is 1. The lowest BCUT2D eigenvalue weighted by Gasteiger charge is -2.00. The Hall–Kier alpha value is -0.200. The topological polar surface area (TPSA) is 55.4 Å². The maximum absolute atomic E-state index is 10.6. The van der Waals surface area contributed by atoms with Crippen LogP contribution in [0.3, 0.4) is 0 Å². The van der Waals surface area contributed by atoms with Crippen molar-refractivity contribution in [2.24, 2.45) is 0 Å². The molecule has 0 saturated heterocycles. The SMILES string of the molecule is CCCOS(=O)(=O)NC=S. The molecule has 0 spiro atoms. The van der Waals surface area contributed by atoms with E-state index in [1.807, 2.05) is 11.6 Å². The second-order valence-corrected chi connectivity index (χ2v) is 3.13. The standard InChI is InChI=1S/C4H9NO3S2/c1-2-3-8-10(6,7)5-4-9/h4H,2-3H2,1H3,(H,5,9). The monoisotopic (exact) mass is 183 g/mol. The van der Waals surface area contributed by atoms with Crippen molar-refractivity contribution in [3.05, 3.63) is 0 Å². The quantitative estimate of drug-likeness (QED) is 0.619. The van der Waals surface area contributed by atoms with Crippen LogP contribution in [-0.4, -0.2) is 20.5 Å². The molecule has 0 heterocycles.